The van der Waals surface area contributed by atoms with Crippen LogP contribution in [-0.2, 0) is 16.2 Å². The number of thiophene rings is 1. The molecule has 1 aromatic carbocycles. The molecule has 0 aliphatic heterocycles. The minimum absolute atomic E-state index is 0.140. The van der Waals surface area contributed by atoms with Crippen molar-refractivity contribution in [2.45, 2.75) is 32.9 Å². The average Bonchev–Trinajstić information content (AvgIpc) is 3.37. The third kappa shape index (κ3) is 5.29. The molecule has 11 heteroatoms. The number of halogens is 1. The van der Waals surface area contributed by atoms with Crippen molar-refractivity contribution >= 4 is 52.0 Å². The number of hydroxylamine groups is 2. The molecular formula is C24H24ClN5O4S. The number of fused-ring (bicyclic) bond motifs is 1. The Bertz CT molecular complexity index is 1420. The van der Waals surface area contributed by atoms with Gasteiger partial charge in [0.1, 0.15) is 11.0 Å². The van der Waals surface area contributed by atoms with Gasteiger partial charge in [-0.15, -0.1) is 11.3 Å². The summed E-state index contributed by atoms with van der Waals surface area (Å²) >= 11 is 7.87. The summed E-state index contributed by atoms with van der Waals surface area (Å²) in [5.41, 5.74) is 0.913. The minimum atomic E-state index is -0.590. The first kappa shape index (κ1) is 24.6. The van der Waals surface area contributed by atoms with Crippen molar-refractivity contribution in [3.05, 3.63) is 69.0 Å². The predicted octanol–water partition coefficient (Wildman–Crippen LogP) is 4.55. The molecule has 0 unspecified atom stereocenters. The normalized spacial score (nSPS) is 11.5. The number of carbonyl (C=O) groups excluding carboxylic acids is 2. The van der Waals surface area contributed by atoms with Crippen LogP contribution < -0.4 is 10.9 Å². The van der Waals surface area contributed by atoms with E-state index >= 15 is 0 Å². The number of aromatic amines is 1. The first-order valence-electron chi connectivity index (χ1n) is 10.8. The Hall–Kier alpha value is -3.47. The van der Waals surface area contributed by atoms with Crippen molar-refractivity contribution in [3.8, 4) is 10.6 Å². The van der Waals surface area contributed by atoms with Crippen LogP contribution in [0, 0.1) is 0 Å². The molecule has 0 radical (unpaired) electrons. The van der Waals surface area contributed by atoms with Crippen LogP contribution in [0.25, 0.3) is 21.6 Å². The van der Waals surface area contributed by atoms with E-state index in [0.29, 0.717) is 38.8 Å². The highest BCUT2D eigenvalue weighted by Crippen LogP contribution is 2.42. The lowest BCUT2D eigenvalue weighted by Crippen LogP contribution is -2.35. The maximum absolute atomic E-state index is 13.1. The number of benzene rings is 1. The number of amides is 2. The van der Waals surface area contributed by atoms with Crippen molar-refractivity contribution in [2.24, 2.45) is 0 Å². The topological polar surface area (TPSA) is 109 Å². The average molecular weight is 514 g/mol. The molecule has 2 amide bonds. The molecule has 0 fully saturated rings. The molecule has 0 aliphatic rings. The van der Waals surface area contributed by atoms with Gasteiger partial charge in [0, 0.05) is 12.1 Å². The van der Waals surface area contributed by atoms with Gasteiger partial charge in [-0.2, -0.15) is 0 Å². The lowest BCUT2D eigenvalue weighted by Gasteiger charge is -2.27. The van der Waals surface area contributed by atoms with E-state index in [-0.39, 0.29) is 24.5 Å². The Kier molecular flexibility index (Phi) is 7.06. The number of aromatic nitrogens is 3. The summed E-state index contributed by atoms with van der Waals surface area (Å²) in [6.07, 6.45) is 1.88. The van der Waals surface area contributed by atoms with E-state index in [9.17, 15) is 14.4 Å². The lowest BCUT2D eigenvalue weighted by molar-refractivity contribution is -0.216. The molecule has 3 aromatic heterocycles. The van der Waals surface area contributed by atoms with Crippen LogP contribution in [0.2, 0.25) is 5.02 Å². The van der Waals surface area contributed by atoms with Crippen LogP contribution in [0.5, 0.6) is 0 Å². The number of hydrogen-bond donors (Lipinski definition) is 2. The summed E-state index contributed by atoms with van der Waals surface area (Å²) < 4.78 is 1.71. The standard InChI is InChI=1S/C24H24ClN5O4S/c1-24(2,3)34-29(14-31)10-11-30-19(21-16(25)9-12-35-21)18(17-20(30)23(33)27-13-26-17)28-22(32)15-7-5-4-6-8-15/h4-9,12-14H,10-11H2,1-3H3,(H,28,32)(H,26,27,33). The van der Waals surface area contributed by atoms with E-state index in [1.54, 1.807) is 34.9 Å². The molecule has 0 bridgehead atoms. The van der Waals surface area contributed by atoms with Crippen molar-refractivity contribution < 1.29 is 14.4 Å². The number of carbonyl (C=O) groups is 2. The van der Waals surface area contributed by atoms with Crippen LogP contribution in [-0.4, -0.2) is 44.1 Å². The molecule has 35 heavy (non-hydrogen) atoms. The van der Waals surface area contributed by atoms with Crippen molar-refractivity contribution in [1.82, 2.24) is 19.6 Å². The first-order chi connectivity index (χ1) is 16.7. The van der Waals surface area contributed by atoms with Gasteiger partial charge in [0.25, 0.3) is 11.5 Å². The maximum Gasteiger partial charge on any atom is 0.275 e. The van der Waals surface area contributed by atoms with Crippen LogP contribution in [0.1, 0.15) is 31.1 Å². The highest BCUT2D eigenvalue weighted by atomic mass is 35.5. The Morgan fingerprint density at radius 1 is 1.29 bits per heavy atom. The van der Waals surface area contributed by atoms with Gasteiger partial charge in [0.15, 0.2) is 0 Å². The summed E-state index contributed by atoms with van der Waals surface area (Å²) in [4.78, 5) is 51.0. The van der Waals surface area contributed by atoms with Crippen LogP contribution in [0.3, 0.4) is 0 Å². The number of anilines is 1. The Balaban J connectivity index is 1.87. The molecule has 0 saturated carbocycles. The molecule has 0 saturated heterocycles. The SMILES string of the molecule is CC(C)(C)ON(C=O)CCn1c(-c2sccc2Cl)c(NC(=O)c2ccccc2)c2nc[nH]c(=O)c21. The fourth-order valence-corrected chi connectivity index (χ4v) is 4.88. The fourth-order valence-electron chi connectivity index (χ4n) is 3.67. The number of hydrogen-bond acceptors (Lipinski definition) is 6. The molecule has 2 N–H and O–H groups in total. The molecule has 3 heterocycles. The van der Waals surface area contributed by atoms with E-state index < -0.39 is 11.2 Å². The largest absolute Gasteiger partial charge is 0.330 e. The molecule has 9 nitrogen and oxygen atoms in total. The van der Waals surface area contributed by atoms with Gasteiger partial charge in [-0.25, -0.2) is 10.0 Å². The highest BCUT2D eigenvalue weighted by molar-refractivity contribution is 7.14. The lowest BCUT2D eigenvalue weighted by atomic mass is 10.2. The monoisotopic (exact) mass is 513 g/mol. The molecule has 0 spiro atoms. The quantitative estimate of drug-likeness (QED) is 0.265. The second kappa shape index (κ2) is 10.0. The zero-order valence-corrected chi connectivity index (χ0v) is 20.9. The molecular weight excluding hydrogens is 490 g/mol. The zero-order chi connectivity index (χ0) is 25.2. The van der Waals surface area contributed by atoms with Gasteiger partial charge in [-0.3, -0.25) is 19.2 Å². The van der Waals surface area contributed by atoms with Gasteiger partial charge < -0.3 is 14.9 Å². The Morgan fingerprint density at radius 2 is 2.03 bits per heavy atom. The third-order valence-electron chi connectivity index (χ3n) is 5.00. The smallest absolute Gasteiger partial charge is 0.275 e. The zero-order valence-electron chi connectivity index (χ0n) is 19.4. The van der Waals surface area contributed by atoms with Crippen LogP contribution in [0.4, 0.5) is 5.69 Å². The van der Waals surface area contributed by atoms with Gasteiger partial charge in [0.05, 0.1) is 39.8 Å². The third-order valence-corrected chi connectivity index (χ3v) is 6.35. The van der Waals surface area contributed by atoms with Crippen molar-refractivity contribution in [1.29, 1.82) is 0 Å². The summed E-state index contributed by atoms with van der Waals surface area (Å²) in [6.45, 7) is 5.82. The molecule has 182 valence electrons. The Morgan fingerprint density at radius 3 is 2.66 bits per heavy atom. The van der Waals surface area contributed by atoms with Gasteiger partial charge >= 0.3 is 0 Å². The molecule has 4 rings (SSSR count). The van der Waals surface area contributed by atoms with Gasteiger partial charge in [-0.05, 0) is 44.4 Å². The van der Waals surface area contributed by atoms with E-state index in [2.05, 4.69) is 15.3 Å². The number of rotatable bonds is 8. The number of H-pyrrole nitrogens is 1. The summed E-state index contributed by atoms with van der Waals surface area (Å²) in [5, 5.41) is 6.39. The Labute approximate surface area is 210 Å². The van der Waals surface area contributed by atoms with Gasteiger partial charge in [-0.1, -0.05) is 29.8 Å². The van der Waals surface area contributed by atoms with Crippen molar-refractivity contribution in [3.63, 3.8) is 0 Å². The van der Waals surface area contributed by atoms with Gasteiger partial charge in [0.2, 0.25) is 6.41 Å². The maximum atomic E-state index is 13.1. The van der Waals surface area contributed by atoms with E-state index in [4.69, 9.17) is 16.4 Å². The van der Waals surface area contributed by atoms with Crippen molar-refractivity contribution in [2.75, 3.05) is 11.9 Å². The summed E-state index contributed by atoms with van der Waals surface area (Å²) in [6, 6.07) is 10.5. The second-order valence-corrected chi connectivity index (χ2v) is 10.00. The first-order valence-corrected chi connectivity index (χ1v) is 12.1. The van der Waals surface area contributed by atoms with Crippen LogP contribution in [0.15, 0.2) is 52.9 Å². The summed E-state index contributed by atoms with van der Waals surface area (Å²) in [5.74, 6) is -0.355. The summed E-state index contributed by atoms with van der Waals surface area (Å²) in [7, 11) is 0. The minimum Gasteiger partial charge on any atom is -0.330 e. The van der Waals surface area contributed by atoms with E-state index in [1.807, 2.05) is 32.2 Å². The fraction of sp³-hybridized carbons (Fsp3) is 0.250. The van der Waals surface area contributed by atoms with E-state index in [0.717, 1.165) is 0 Å². The van der Waals surface area contributed by atoms with Crippen LogP contribution >= 0.6 is 22.9 Å². The van der Waals surface area contributed by atoms with E-state index in [1.165, 1.54) is 22.7 Å². The number of nitrogens with zero attached hydrogens (tertiary/aromatic N) is 3. The molecule has 0 atom stereocenters. The second-order valence-electron chi connectivity index (χ2n) is 8.67. The highest BCUT2D eigenvalue weighted by Gasteiger charge is 2.26. The number of nitrogens with one attached hydrogen (secondary N) is 2. The predicted molar refractivity (Wildman–Crippen MR) is 137 cm³/mol. The molecule has 4 aromatic rings. The molecule has 0 aliphatic carbocycles.